The van der Waals surface area contributed by atoms with Gasteiger partial charge < -0.3 is 10.0 Å². The van der Waals surface area contributed by atoms with Gasteiger partial charge in [-0.1, -0.05) is 19.3 Å². The molecule has 0 aromatic rings. The Morgan fingerprint density at radius 2 is 1.94 bits per heavy atom. The lowest BCUT2D eigenvalue weighted by Gasteiger charge is -2.33. The van der Waals surface area contributed by atoms with E-state index >= 15 is 0 Å². The first-order chi connectivity index (χ1) is 8.09. The van der Waals surface area contributed by atoms with Gasteiger partial charge in [-0.3, -0.25) is 0 Å². The Labute approximate surface area is 106 Å². The molecule has 1 aliphatic heterocycles. The van der Waals surface area contributed by atoms with Crippen LogP contribution < -0.4 is 0 Å². The van der Waals surface area contributed by atoms with Crippen molar-refractivity contribution in [1.29, 1.82) is 0 Å². The molecule has 0 bridgehead atoms. The van der Waals surface area contributed by atoms with E-state index in [0.29, 0.717) is 6.04 Å². The number of hydrogen-bond acceptors (Lipinski definition) is 2. The van der Waals surface area contributed by atoms with Gasteiger partial charge in [0.25, 0.3) is 0 Å². The molecule has 1 saturated carbocycles. The van der Waals surface area contributed by atoms with E-state index in [2.05, 4.69) is 18.7 Å². The van der Waals surface area contributed by atoms with E-state index in [1.165, 1.54) is 45.2 Å². The lowest BCUT2D eigenvalue weighted by molar-refractivity contribution is -0.00870. The third-order valence-corrected chi connectivity index (χ3v) is 4.85. The Morgan fingerprint density at radius 1 is 1.24 bits per heavy atom. The minimum Gasteiger partial charge on any atom is -0.390 e. The second-order valence-corrected chi connectivity index (χ2v) is 6.57. The number of nitrogens with zero attached hydrogens (tertiary/aromatic N) is 1. The van der Waals surface area contributed by atoms with Crippen LogP contribution in [-0.2, 0) is 0 Å². The monoisotopic (exact) mass is 239 g/mol. The largest absolute Gasteiger partial charge is 0.390 e. The van der Waals surface area contributed by atoms with Gasteiger partial charge in [0.1, 0.15) is 0 Å². The molecule has 0 aromatic heterocycles. The van der Waals surface area contributed by atoms with Gasteiger partial charge in [-0.2, -0.15) is 0 Å². The van der Waals surface area contributed by atoms with Gasteiger partial charge in [-0.25, -0.2) is 0 Å². The average molecular weight is 239 g/mol. The summed E-state index contributed by atoms with van der Waals surface area (Å²) in [5.74, 6) is 0.836. The summed E-state index contributed by atoms with van der Waals surface area (Å²) in [6.07, 6.45) is 9.52. The molecule has 0 spiro atoms. The number of hydrogen-bond donors (Lipinski definition) is 1. The van der Waals surface area contributed by atoms with Gasteiger partial charge in [-0.15, -0.1) is 0 Å². The molecule has 2 rings (SSSR count). The normalized spacial score (nSPS) is 30.0. The molecule has 2 fully saturated rings. The van der Waals surface area contributed by atoms with Crippen LogP contribution in [0, 0.1) is 5.92 Å². The first-order valence-electron chi connectivity index (χ1n) is 7.55. The van der Waals surface area contributed by atoms with Crippen LogP contribution in [0.4, 0.5) is 0 Å². The number of rotatable bonds is 4. The van der Waals surface area contributed by atoms with Crippen LogP contribution >= 0.6 is 0 Å². The lowest BCUT2D eigenvalue weighted by Crippen LogP contribution is -2.32. The van der Waals surface area contributed by atoms with Crippen molar-refractivity contribution in [2.24, 2.45) is 5.92 Å². The summed E-state index contributed by atoms with van der Waals surface area (Å²) in [5.41, 5.74) is -0.302. The minimum atomic E-state index is -0.302. The van der Waals surface area contributed by atoms with Gasteiger partial charge in [0.2, 0.25) is 0 Å². The van der Waals surface area contributed by atoms with Crippen molar-refractivity contribution in [3.63, 3.8) is 0 Å². The molecule has 2 aliphatic rings. The highest BCUT2D eigenvalue weighted by molar-refractivity contribution is 4.85. The summed E-state index contributed by atoms with van der Waals surface area (Å²) in [4.78, 5) is 2.58. The van der Waals surface area contributed by atoms with Gasteiger partial charge in [0.05, 0.1) is 5.60 Å². The van der Waals surface area contributed by atoms with Crippen LogP contribution in [0.5, 0.6) is 0 Å². The molecule has 2 heteroatoms. The van der Waals surface area contributed by atoms with E-state index in [1.807, 2.05) is 0 Å². The molecule has 1 atom stereocenters. The maximum Gasteiger partial charge on any atom is 0.0648 e. The maximum atomic E-state index is 10.5. The molecule has 2 nitrogen and oxygen atoms in total. The van der Waals surface area contributed by atoms with E-state index in [0.717, 1.165) is 25.2 Å². The van der Waals surface area contributed by atoms with E-state index in [9.17, 15) is 5.11 Å². The third-order valence-electron chi connectivity index (χ3n) is 4.85. The predicted octanol–water partition coefficient (Wildman–Crippen LogP) is 3.19. The molecule has 1 aliphatic carbocycles. The van der Waals surface area contributed by atoms with Crippen molar-refractivity contribution >= 4 is 0 Å². The first-order valence-corrected chi connectivity index (χ1v) is 7.55. The average Bonchev–Trinajstić information content (AvgIpc) is 2.76. The standard InChI is InChI=1S/C15H29NO/c1-13(2)16-11-7-14(12-16)6-10-15(17)8-4-3-5-9-15/h13-14,17H,3-12H2,1-2H3. The van der Waals surface area contributed by atoms with Gasteiger partial charge >= 0.3 is 0 Å². The molecule has 1 saturated heterocycles. The van der Waals surface area contributed by atoms with Crippen molar-refractivity contribution in [3.8, 4) is 0 Å². The Balaban J connectivity index is 1.72. The zero-order chi connectivity index (χ0) is 12.3. The van der Waals surface area contributed by atoms with Crippen LogP contribution in [0.15, 0.2) is 0 Å². The van der Waals surface area contributed by atoms with Crippen molar-refractivity contribution < 1.29 is 5.11 Å². The summed E-state index contributed by atoms with van der Waals surface area (Å²) in [6, 6.07) is 0.692. The quantitative estimate of drug-likeness (QED) is 0.814. The first kappa shape index (κ1) is 13.4. The Morgan fingerprint density at radius 3 is 2.53 bits per heavy atom. The zero-order valence-corrected chi connectivity index (χ0v) is 11.6. The van der Waals surface area contributed by atoms with Gasteiger partial charge in [0, 0.05) is 12.6 Å². The summed E-state index contributed by atoms with van der Waals surface area (Å²) >= 11 is 0. The van der Waals surface area contributed by atoms with Crippen molar-refractivity contribution in [2.45, 2.75) is 76.9 Å². The van der Waals surface area contributed by atoms with E-state index in [4.69, 9.17) is 0 Å². The third kappa shape index (κ3) is 3.69. The van der Waals surface area contributed by atoms with Crippen molar-refractivity contribution in [1.82, 2.24) is 4.90 Å². The fourth-order valence-corrected chi connectivity index (χ4v) is 3.50. The van der Waals surface area contributed by atoms with Crippen LogP contribution in [-0.4, -0.2) is 34.7 Å². The summed E-state index contributed by atoms with van der Waals surface area (Å²) in [6.45, 7) is 7.10. The zero-order valence-electron chi connectivity index (χ0n) is 11.6. The van der Waals surface area contributed by atoms with Crippen molar-refractivity contribution in [2.75, 3.05) is 13.1 Å². The molecule has 100 valence electrons. The summed E-state index contributed by atoms with van der Waals surface area (Å²) in [5, 5.41) is 10.5. The fraction of sp³-hybridized carbons (Fsp3) is 1.00. The highest BCUT2D eigenvalue weighted by atomic mass is 16.3. The Bertz CT molecular complexity index is 233. The van der Waals surface area contributed by atoms with Crippen LogP contribution in [0.1, 0.15) is 65.2 Å². The number of aliphatic hydroxyl groups is 1. The Kier molecular flexibility index (Phi) is 4.48. The fourth-order valence-electron chi connectivity index (χ4n) is 3.50. The van der Waals surface area contributed by atoms with Crippen LogP contribution in [0.3, 0.4) is 0 Å². The highest BCUT2D eigenvalue weighted by Gasteiger charge is 2.31. The second-order valence-electron chi connectivity index (χ2n) is 6.57. The van der Waals surface area contributed by atoms with E-state index in [1.54, 1.807) is 0 Å². The molecule has 1 N–H and O–H groups in total. The topological polar surface area (TPSA) is 23.5 Å². The molecule has 0 radical (unpaired) electrons. The van der Waals surface area contributed by atoms with Crippen molar-refractivity contribution in [3.05, 3.63) is 0 Å². The van der Waals surface area contributed by atoms with Crippen LogP contribution in [0.2, 0.25) is 0 Å². The SMILES string of the molecule is CC(C)N1CCC(CCC2(O)CCCCC2)C1. The number of likely N-dealkylation sites (tertiary alicyclic amines) is 1. The molecular formula is C15H29NO. The smallest absolute Gasteiger partial charge is 0.0648 e. The minimum absolute atomic E-state index is 0.302. The van der Waals surface area contributed by atoms with Gasteiger partial charge in [-0.05, 0) is 58.4 Å². The molecule has 1 heterocycles. The molecular weight excluding hydrogens is 210 g/mol. The maximum absolute atomic E-state index is 10.5. The summed E-state index contributed by atoms with van der Waals surface area (Å²) in [7, 11) is 0. The summed E-state index contributed by atoms with van der Waals surface area (Å²) < 4.78 is 0. The molecule has 0 amide bonds. The molecule has 17 heavy (non-hydrogen) atoms. The lowest BCUT2D eigenvalue weighted by atomic mass is 9.80. The van der Waals surface area contributed by atoms with E-state index in [-0.39, 0.29) is 5.60 Å². The molecule has 0 aromatic carbocycles. The molecule has 1 unspecified atom stereocenters. The Hall–Kier alpha value is -0.0800. The van der Waals surface area contributed by atoms with Crippen LogP contribution in [0.25, 0.3) is 0 Å². The predicted molar refractivity (Wildman–Crippen MR) is 72.1 cm³/mol. The highest BCUT2D eigenvalue weighted by Crippen LogP contribution is 2.34. The van der Waals surface area contributed by atoms with Gasteiger partial charge in [0.15, 0.2) is 0 Å². The van der Waals surface area contributed by atoms with E-state index < -0.39 is 0 Å². The second kappa shape index (κ2) is 5.71.